The Bertz CT molecular complexity index is 427. The zero-order chi connectivity index (χ0) is 13.9. The molecule has 0 aromatic heterocycles. The second kappa shape index (κ2) is 5.61. The third-order valence-corrected chi connectivity index (χ3v) is 2.98. The first kappa shape index (κ1) is 14.8. The monoisotopic (exact) mass is 261 g/mol. The van der Waals surface area contributed by atoms with E-state index in [0.717, 1.165) is 28.0 Å². The van der Waals surface area contributed by atoms with Crippen molar-refractivity contribution < 1.29 is 17.9 Å². The number of nitrogens with one attached hydrogen (secondary N) is 1. The summed E-state index contributed by atoms with van der Waals surface area (Å²) in [6, 6.07) is 1.87. The minimum Gasteiger partial charge on any atom is -0.496 e. The second-order valence-corrected chi connectivity index (χ2v) is 4.35. The molecule has 1 aromatic carbocycles. The van der Waals surface area contributed by atoms with Gasteiger partial charge in [0.25, 0.3) is 0 Å². The van der Waals surface area contributed by atoms with Gasteiger partial charge in [-0.25, -0.2) is 0 Å². The molecule has 0 aliphatic rings. The number of hydrogen-bond acceptors (Lipinski definition) is 2. The topological polar surface area (TPSA) is 21.3 Å². The molecule has 102 valence electrons. The normalized spacial score (nSPS) is 11.7. The quantitative estimate of drug-likeness (QED) is 0.898. The molecule has 0 atom stereocenters. The third-order valence-electron chi connectivity index (χ3n) is 2.98. The number of alkyl halides is 3. The van der Waals surface area contributed by atoms with Crippen molar-refractivity contribution in [3.8, 4) is 5.75 Å². The van der Waals surface area contributed by atoms with Gasteiger partial charge in [-0.2, -0.15) is 13.2 Å². The first-order valence-electron chi connectivity index (χ1n) is 5.67. The SMILES string of the molecule is COc1c(C)cc(CNCC(F)(F)F)c(C)c1C. The molecule has 0 spiro atoms. The van der Waals surface area contributed by atoms with E-state index in [1.165, 1.54) is 0 Å². The molecule has 0 heterocycles. The molecule has 18 heavy (non-hydrogen) atoms. The van der Waals surface area contributed by atoms with Gasteiger partial charge >= 0.3 is 6.18 Å². The minimum atomic E-state index is -4.18. The maximum atomic E-state index is 12.1. The molecule has 0 radical (unpaired) electrons. The lowest BCUT2D eigenvalue weighted by molar-refractivity contribution is -0.125. The molecule has 0 unspecified atom stereocenters. The van der Waals surface area contributed by atoms with E-state index in [-0.39, 0.29) is 6.54 Å². The van der Waals surface area contributed by atoms with Gasteiger partial charge in [-0.15, -0.1) is 0 Å². The average Bonchev–Trinajstić information content (AvgIpc) is 2.24. The Labute approximate surface area is 105 Å². The van der Waals surface area contributed by atoms with Gasteiger partial charge in [0.15, 0.2) is 0 Å². The van der Waals surface area contributed by atoms with Crippen molar-refractivity contribution in [1.29, 1.82) is 0 Å². The summed E-state index contributed by atoms with van der Waals surface area (Å²) in [5.41, 5.74) is 3.74. The van der Waals surface area contributed by atoms with Crippen LogP contribution in [0.25, 0.3) is 0 Å². The van der Waals surface area contributed by atoms with Gasteiger partial charge in [0.2, 0.25) is 0 Å². The zero-order valence-corrected chi connectivity index (χ0v) is 11.0. The van der Waals surface area contributed by atoms with Gasteiger partial charge in [0.05, 0.1) is 13.7 Å². The number of rotatable bonds is 4. The molecule has 2 nitrogen and oxygen atoms in total. The van der Waals surface area contributed by atoms with Crippen LogP contribution >= 0.6 is 0 Å². The Balaban J connectivity index is 2.85. The van der Waals surface area contributed by atoms with Gasteiger partial charge in [0, 0.05) is 6.54 Å². The lowest BCUT2D eigenvalue weighted by Gasteiger charge is -2.16. The number of benzene rings is 1. The Hall–Kier alpha value is -1.23. The second-order valence-electron chi connectivity index (χ2n) is 4.35. The highest BCUT2D eigenvalue weighted by atomic mass is 19.4. The van der Waals surface area contributed by atoms with Gasteiger partial charge in [0.1, 0.15) is 5.75 Å². The number of ether oxygens (including phenoxy) is 1. The van der Waals surface area contributed by atoms with Crippen molar-refractivity contribution in [1.82, 2.24) is 5.32 Å². The Morgan fingerprint density at radius 2 is 1.78 bits per heavy atom. The van der Waals surface area contributed by atoms with Crippen molar-refractivity contribution >= 4 is 0 Å². The number of hydrogen-bond donors (Lipinski definition) is 1. The maximum Gasteiger partial charge on any atom is 0.401 e. The number of methoxy groups -OCH3 is 1. The molecule has 0 fully saturated rings. The Kier molecular flexibility index (Phi) is 4.62. The summed E-state index contributed by atoms with van der Waals surface area (Å²) in [6.07, 6.45) is -4.18. The molecule has 5 heteroatoms. The van der Waals surface area contributed by atoms with Crippen molar-refractivity contribution in [2.45, 2.75) is 33.5 Å². The fraction of sp³-hybridized carbons (Fsp3) is 0.538. The minimum absolute atomic E-state index is 0.205. The predicted octanol–water partition coefficient (Wildman–Crippen LogP) is 3.27. The summed E-state index contributed by atoms with van der Waals surface area (Å²) in [5, 5.41) is 2.41. The molecule has 1 aromatic rings. The lowest BCUT2D eigenvalue weighted by atomic mass is 9.98. The van der Waals surface area contributed by atoms with E-state index in [0.29, 0.717) is 0 Å². The maximum absolute atomic E-state index is 12.1. The van der Waals surface area contributed by atoms with Gasteiger partial charge in [-0.3, -0.25) is 0 Å². The lowest BCUT2D eigenvalue weighted by Crippen LogP contribution is -2.28. The van der Waals surface area contributed by atoms with Crippen LogP contribution in [0.2, 0.25) is 0 Å². The van der Waals surface area contributed by atoms with E-state index in [9.17, 15) is 13.2 Å². The molecule has 0 aliphatic carbocycles. The van der Waals surface area contributed by atoms with Crippen LogP contribution in [0.5, 0.6) is 5.75 Å². The molecule has 0 saturated heterocycles. The summed E-state index contributed by atoms with van der Waals surface area (Å²) in [5.74, 6) is 0.798. The Morgan fingerprint density at radius 1 is 1.17 bits per heavy atom. The first-order chi connectivity index (χ1) is 8.26. The van der Waals surface area contributed by atoms with Crippen molar-refractivity contribution in [2.24, 2.45) is 0 Å². The molecule has 0 saturated carbocycles. The van der Waals surface area contributed by atoms with E-state index < -0.39 is 12.7 Å². The van der Waals surface area contributed by atoms with Crippen LogP contribution in [-0.4, -0.2) is 19.8 Å². The predicted molar refractivity (Wildman–Crippen MR) is 65.0 cm³/mol. The van der Waals surface area contributed by atoms with Crippen LogP contribution in [0.3, 0.4) is 0 Å². The van der Waals surface area contributed by atoms with Crippen LogP contribution in [0.4, 0.5) is 13.2 Å². The van der Waals surface area contributed by atoms with Crippen molar-refractivity contribution in [3.05, 3.63) is 28.3 Å². The van der Waals surface area contributed by atoms with E-state index in [1.54, 1.807) is 7.11 Å². The summed E-state index contributed by atoms with van der Waals surface area (Å²) >= 11 is 0. The van der Waals surface area contributed by atoms with E-state index in [4.69, 9.17) is 4.74 Å². The van der Waals surface area contributed by atoms with E-state index in [2.05, 4.69) is 5.32 Å². The molecule has 0 amide bonds. The van der Waals surface area contributed by atoms with E-state index >= 15 is 0 Å². The third kappa shape index (κ3) is 3.63. The highest BCUT2D eigenvalue weighted by molar-refractivity contribution is 5.48. The number of halogens is 3. The van der Waals surface area contributed by atoms with Gasteiger partial charge in [-0.1, -0.05) is 6.07 Å². The highest BCUT2D eigenvalue weighted by Crippen LogP contribution is 2.28. The summed E-state index contributed by atoms with van der Waals surface area (Å²) < 4.78 is 41.4. The highest BCUT2D eigenvalue weighted by Gasteiger charge is 2.26. The summed E-state index contributed by atoms with van der Waals surface area (Å²) in [4.78, 5) is 0. The van der Waals surface area contributed by atoms with Crippen LogP contribution < -0.4 is 10.1 Å². The zero-order valence-electron chi connectivity index (χ0n) is 11.0. The van der Waals surface area contributed by atoms with E-state index in [1.807, 2.05) is 26.8 Å². The molecule has 0 aliphatic heterocycles. The van der Waals surface area contributed by atoms with Crippen LogP contribution in [0.1, 0.15) is 22.3 Å². The van der Waals surface area contributed by atoms with Gasteiger partial charge in [-0.05, 0) is 43.0 Å². The Morgan fingerprint density at radius 3 is 2.28 bits per heavy atom. The first-order valence-corrected chi connectivity index (χ1v) is 5.67. The van der Waals surface area contributed by atoms with Crippen molar-refractivity contribution in [3.63, 3.8) is 0 Å². The largest absolute Gasteiger partial charge is 0.496 e. The van der Waals surface area contributed by atoms with Crippen molar-refractivity contribution in [2.75, 3.05) is 13.7 Å². The molecule has 0 bridgehead atoms. The fourth-order valence-electron chi connectivity index (χ4n) is 1.98. The van der Waals surface area contributed by atoms with Crippen LogP contribution in [-0.2, 0) is 6.54 Å². The molecule has 1 N–H and O–H groups in total. The number of aryl methyl sites for hydroxylation is 1. The summed E-state index contributed by atoms with van der Waals surface area (Å²) in [6.45, 7) is 4.92. The van der Waals surface area contributed by atoms with Gasteiger partial charge < -0.3 is 10.1 Å². The van der Waals surface area contributed by atoms with Crippen LogP contribution in [0, 0.1) is 20.8 Å². The summed E-state index contributed by atoms with van der Waals surface area (Å²) in [7, 11) is 1.59. The smallest absolute Gasteiger partial charge is 0.401 e. The fourth-order valence-corrected chi connectivity index (χ4v) is 1.98. The molecular formula is C13H18F3NO. The average molecular weight is 261 g/mol. The molecule has 1 rings (SSSR count). The molecular weight excluding hydrogens is 243 g/mol. The van der Waals surface area contributed by atoms with Crippen LogP contribution in [0.15, 0.2) is 6.07 Å². The standard InChI is InChI=1S/C13H18F3NO/c1-8-5-11(6-17-7-13(14,15)16)9(2)10(3)12(8)18-4/h5,17H,6-7H2,1-4H3.